The molecule has 0 heterocycles. The third-order valence-electron chi connectivity index (χ3n) is 7.06. The monoisotopic (exact) mass is 502 g/mol. The summed E-state index contributed by atoms with van der Waals surface area (Å²) in [4.78, 5) is 0. The van der Waals surface area contributed by atoms with Crippen LogP contribution in [0.15, 0.2) is 48.6 Å². The molecule has 2 fully saturated rings. The number of fused-ring (bicyclic) bond motifs is 2. The van der Waals surface area contributed by atoms with Crippen LogP contribution in [0.5, 0.6) is 0 Å². The van der Waals surface area contributed by atoms with Crippen LogP contribution in [0.25, 0.3) is 0 Å². The first-order valence-corrected chi connectivity index (χ1v) is 18.7. The first-order valence-electron chi connectivity index (χ1n) is 9.25. The maximum atomic E-state index is 4.93. The van der Waals surface area contributed by atoms with Crippen molar-refractivity contribution in [3.05, 3.63) is 63.5 Å². The maximum absolute atomic E-state index is 4.93. The minimum atomic E-state index is -1.22. The molecule has 0 aromatic carbocycles. The molecule has 4 aliphatic carbocycles. The molecule has 2 saturated carbocycles. The van der Waals surface area contributed by atoms with Crippen LogP contribution in [0.1, 0.15) is 33.1 Å². The van der Waals surface area contributed by atoms with Gasteiger partial charge in [-0.3, -0.25) is 0 Å². The van der Waals surface area contributed by atoms with E-state index in [1.165, 1.54) is 25.7 Å². The van der Waals surface area contributed by atoms with Crippen molar-refractivity contribution < 1.29 is 20.8 Å². The first kappa shape index (κ1) is 27.6. The SMILES string of the molecule is C.C[Si](C)(C1CCC2C=CC=CC21)[C@H]1CCC2C=CC=CC21.[CH3-].[CH3-].[Cl][Zr+2][Cl]. The zero-order valence-corrected chi connectivity index (χ0v) is 21.6. The van der Waals surface area contributed by atoms with E-state index >= 15 is 0 Å². The number of hydrogen-bond donors (Lipinski definition) is 0. The summed E-state index contributed by atoms with van der Waals surface area (Å²) in [5.74, 6) is 3.43. The van der Waals surface area contributed by atoms with Crippen molar-refractivity contribution >= 4 is 25.1 Å². The predicted molar refractivity (Wildman–Crippen MR) is 125 cm³/mol. The summed E-state index contributed by atoms with van der Waals surface area (Å²) >= 11 is -0.826. The Bertz CT molecular complexity index is 507. The van der Waals surface area contributed by atoms with Gasteiger partial charge in [-0.15, -0.1) is 0 Å². The van der Waals surface area contributed by atoms with Crippen molar-refractivity contribution in [1.29, 1.82) is 0 Å². The molecule has 0 saturated heterocycles. The van der Waals surface area contributed by atoms with E-state index in [1.807, 2.05) is 0 Å². The Balaban J connectivity index is 0.00000106. The zero-order valence-electron chi connectivity index (χ0n) is 16.7. The van der Waals surface area contributed by atoms with Crippen molar-refractivity contribution in [2.45, 2.75) is 57.3 Å². The molecule has 0 aromatic heterocycles. The summed E-state index contributed by atoms with van der Waals surface area (Å²) in [6.07, 6.45) is 25.1. The third-order valence-corrected chi connectivity index (χ3v) is 12.2. The molecule has 4 aliphatic rings. The van der Waals surface area contributed by atoms with Crippen LogP contribution in [-0.2, 0) is 20.8 Å². The number of rotatable bonds is 2. The molecule has 0 aliphatic heterocycles. The molecular formula is C23H38Cl2SiZr. The molecule has 0 N–H and O–H groups in total. The van der Waals surface area contributed by atoms with Crippen molar-refractivity contribution in [1.82, 2.24) is 0 Å². The second-order valence-electron chi connectivity index (χ2n) is 8.28. The fourth-order valence-corrected chi connectivity index (χ4v) is 11.0. The van der Waals surface area contributed by atoms with Gasteiger partial charge in [0.15, 0.2) is 0 Å². The summed E-state index contributed by atoms with van der Waals surface area (Å²) < 4.78 is 0. The van der Waals surface area contributed by atoms with Gasteiger partial charge in [0, 0.05) is 0 Å². The molecule has 0 spiro atoms. The van der Waals surface area contributed by atoms with Gasteiger partial charge in [-0.2, -0.15) is 0 Å². The Kier molecular flexibility index (Phi) is 12.7. The molecule has 0 radical (unpaired) electrons. The molecule has 0 amide bonds. The molecular weight excluding hydrogens is 466 g/mol. The van der Waals surface area contributed by atoms with Gasteiger partial charge in [-0.1, -0.05) is 82.0 Å². The topological polar surface area (TPSA) is 0 Å². The van der Waals surface area contributed by atoms with E-state index in [1.54, 1.807) is 0 Å². The van der Waals surface area contributed by atoms with E-state index in [0.717, 1.165) is 34.8 Å². The average Bonchev–Trinajstić information content (AvgIpc) is 3.20. The standard InChI is InChI=1S/C20H28Si.CH4.2CH3.2ClH.Zr/c1-21(2,19-13-11-15-7-3-5-9-17(15)19)20-14-12-16-8-4-6-10-18(16)20;;;;;;/h3-10,15-20H,11-14H2,1-2H3;1H4;2*1H3;2*1H;/q;;2*-1;;;+4/p-2/t15?,16?,17?,18?,19-,20?;;;;;;/m0....../s1. The van der Waals surface area contributed by atoms with Crippen LogP contribution in [-0.4, -0.2) is 8.07 Å². The Morgan fingerprint density at radius 1 is 0.704 bits per heavy atom. The molecule has 0 nitrogen and oxygen atoms in total. The number of halogens is 2. The van der Waals surface area contributed by atoms with E-state index in [-0.39, 0.29) is 22.3 Å². The fraction of sp³-hybridized carbons (Fsp3) is 0.565. The Labute approximate surface area is 189 Å². The normalized spacial score (nSPS) is 34.7. The van der Waals surface area contributed by atoms with E-state index in [4.69, 9.17) is 17.0 Å². The molecule has 0 aromatic rings. The molecule has 27 heavy (non-hydrogen) atoms. The Hall–Kier alpha value is 0.640. The van der Waals surface area contributed by atoms with E-state index in [2.05, 4.69) is 61.7 Å². The summed E-state index contributed by atoms with van der Waals surface area (Å²) in [7, 11) is 8.64. The van der Waals surface area contributed by atoms with E-state index < -0.39 is 28.9 Å². The van der Waals surface area contributed by atoms with Gasteiger partial charge in [0.25, 0.3) is 0 Å². The van der Waals surface area contributed by atoms with Gasteiger partial charge in [-0.25, -0.2) is 0 Å². The van der Waals surface area contributed by atoms with Gasteiger partial charge in [0.05, 0.1) is 8.07 Å². The number of allylic oxidation sites excluding steroid dienone is 8. The fourth-order valence-electron chi connectivity index (χ4n) is 5.92. The van der Waals surface area contributed by atoms with Gasteiger partial charge >= 0.3 is 37.9 Å². The predicted octanol–water partition coefficient (Wildman–Crippen LogP) is 8.65. The van der Waals surface area contributed by atoms with Gasteiger partial charge < -0.3 is 14.9 Å². The zero-order chi connectivity index (χ0) is 17.2. The van der Waals surface area contributed by atoms with E-state index in [0.29, 0.717) is 0 Å². The van der Waals surface area contributed by atoms with Gasteiger partial charge in [0.2, 0.25) is 0 Å². The Morgan fingerprint density at radius 3 is 1.41 bits per heavy atom. The molecule has 6 atom stereocenters. The Morgan fingerprint density at radius 2 is 1.04 bits per heavy atom. The molecule has 4 heteroatoms. The second kappa shape index (κ2) is 12.4. The minimum absolute atomic E-state index is 0. The molecule has 152 valence electrons. The van der Waals surface area contributed by atoms with Crippen LogP contribution in [0.4, 0.5) is 0 Å². The molecule has 0 bridgehead atoms. The summed E-state index contributed by atoms with van der Waals surface area (Å²) in [5, 5.41) is 0. The van der Waals surface area contributed by atoms with E-state index in [9.17, 15) is 0 Å². The summed E-state index contributed by atoms with van der Waals surface area (Å²) in [5.41, 5.74) is 2.01. The number of hydrogen-bond acceptors (Lipinski definition) is 0. The van der Waals surface area contributed by atoms with Crippen molar-refractivity contribution in [2.24, 2.45) is 23.7 Å². The van der Waals surface area contributed by atoms with Crippen LogP contribution < -0.4 is 0 Å². The average molecular weight is 505 g/mol. The van der Waals surface area contributed by atoms with Crippen molar-refractivity contribution in [3.63, 3.8) is 0 Å². The first-order chi connectivity index (χ1) is 11.6. The van der Waals surface area contributed by atoms with Crippen molar-refractivity contribution in [2.75, 3.05) is 0 Å². The van der Waals surface area contributed by atoms with Crippen LogP contribution in [0.3, 0.4) is 0 Å². The summed E-state index contributed by atoms with van der Waals surface area (Å²) in [6.45, 7) is 5.43. The van der Waals surface area contributed by atoms with Crippen LogP contribution >= 0.6 is 17.0 Å². The van der Waals surface area contributed by atoms with Gasteiger partial charge in [0.1, 0.15) is 0 Å². The van der Waals surface area contributed by atoms with Crippen LogP contribution in [0, 0.1) is 38.5 Å². The quantitative estimate of drug-likeness (QED) is 0.261. The summed E-state index contributed by atoms with van der Waals surface area (Å²) in [6, 6.07) is 0. The molecule has 4 rings (SSSR count). The van der Waals surface area contributed by atoms with Crippen molar-refractivity contribution in [3.8, 4) is 0 Å². The molecule has 5 unspecified atom stereocenters. The van der Waals surface area contributed by atoms with Gasteiger partial charge in [-0.05, 0) is 47.6 Å². The second-order valence-corrected chi connectivity index (χ2v) is 17.1. The van der Waals surface area contributed by atoms with Crippen LogP contribution in [0.2, 0.25) is 24.2 Å². The third kappa shape index (κ3) is 5.84.